The first-order chi connectivity index (χ1) is 13.5. The summed E-state index contributed by atoms with van der Waals surface area (Å²) < 4.78 is 6.53. The third-order valence-corrected chi connectivity index (χ3v) is 9.17. The minimum absolute atomic E-state index is 0.279. The zero-order valence-corrected chi connectivity index (χ0v) is 17.5. The Labute approximate surface area is 169 Å². The van der Waals surface area contributed by atoms with Crippen molar-refractivity contribution in [1.82, 2.24) is 0 Å². The summed E-state index contributed by atoms with van der Waals surface area (Å²) in [6, 6.07) is 10.6. The molecule has 1 aromatic rings. The number of fused-ring (bicyclic) bond motifs is 5. The van der Waals surface area contributed by atoms with E-state index in [0.29, 0.717) is 17.3 Å². The van der Waals surface area contributed by atoms with E-state index in [1.54, 1.807) is 0 Å². The quantitative estimate of drug-likeness (QED) is 0.635. The summed E-state index contributed by atoms with van der Waals surface area (Å²) in [7, 11) is 0. The van der Waals surface area contributed by atoms with Crippen LogP contribution in [0.2, 0.25) is 0 Å². The van der Waals surface area contributed by atoms with Crippen LogP contribution < -0.4 is 0 Å². The minimum atomic E-state index is 0.279. The fourth-order valence-corrected chi connectivity index (χ4v) is 7.56. The fraction of sp³-hybridized carbons (Fsp3) is 0.654. The van der Waals surface area contributed by atoms with Crippen LogP contribution in [0.3, 0.4) is 0 Å². The number of ketones is 1. The van der Waals surface area contributed by atoms with Gasteiger partial charge in [0.1, 0.15) is 0 Å². The monoisotopic (exact) mass is 378 g/mol. The second kappa shape index (κ2) is 6.83. The van der Waals surface area contributed by atoms with Gasteiger partial charge in [-0.15, -0.1) is 0 Å². The van der Waals surface area contributed by atoms with E-state index in [4.69, 9.17) is 4.74 Å². The Balaban J connectivity index is 1.34. The van der Waals surface area contributed by atoms with Crippen molar-refractivity contribution in [3.05, 3.63) is 47.5 Å². The highest BCUT2D eigenvalue weighted by atomic mass is 16.5. The molecule has 0 unspecified atom stereocenters. The molecule has 150 valence electrons. The van der Waals surface area contributed by atoms with Gasteiger partial charge in [0.15, 0.2) is 5.78 Å². The van der Waals surface area contributed by atoms with Gasteiger partial charge in [0, 0.05) is 6.42 Å². The van der Waals surface area contributed by atoms with Crippen molar-refractivity contribution in [2.75, 3.05) is 0 Å². The lowest BCUT2D eigenvalue weighted by Crippen LogP contribution is -2.51. The van der Waals surface area contributed by atoms with E-state index in [2.05, 4.69) is 44.2 Å². The SMILES string of the molecule is C[C@]12CC[C@@H]3[C@@H](CCC4=CC(=O)CC[C@@]43C)[C@H]1CC[C@@H]2OCc1ccccc1. The van der Waals surface area contributed by atoms with Crippen molar-refractivity contribution < 1.29 is 9.53 Å². The predicted octanol–water partition coefficient (Wildman–Crippen LogP) is 6.10. The number of allylic oxidation sites excluding steroid dienone is 1. The van der Waals surface area contributed by atoms with E-state index in [9.17, 15) is 4.79 Å². The molecule has 4 aliphatic carbocycles. The van der Waals surface area contributed by atoms with Crippen LogP contribution in [0.5, 0.6) is 0 Å². The Morgan fingerprint density at radius 3 is 2.61 bits per heavy atom. The van der Waals surface area contributed by atoms with Crippen molar-refractivity contribution in [3.63, 3.8) is 0 Å². The molecule has 3 fully saturated rings. The number of carbonyl (C=O) groups is 1. The summed E-state index contributed by atoms with van der Waals surface area (Å²) in [5, 5.41) is 0. The zero-order chi connectivity index (χ0) is 19.4. The van der Waals surface area contributed by atoms with Crippen LogP contribution in [0.15, 0.2) is 42.0 Å². The Morgan fingerprint density at radius 1 is 0.964 bits per heavy atom. The minimum Gasteiger partial charge on any atom is -0.373 e. The molecule has 2 nitrogen and oxygen atoms in total. The van der Waals surface area contributed by atoms with Gasteiger partial charge >= 0.3 is 0 Å². The maximum Gasteiger partial charge on any atom is 0.155 e. The highest BCUT2D eigenvalue weighted by Crippen LogP contribution is 2.65. The lowest BCUT2D eigenvalue weighted by atomic mass is 9.47. The molecule has 5 rings (SSSR count). The van der Waals surface area contributed by atoms with Crippen molar-refractivity contribution >= 4 is 5.78 Å². The van der Waals surface area contributed by atoms with Gasteiger partial charge in [0.25, 0.3) is 0 Å². The number of hydrogen-bond donors (Lipinski definition) is 0. The fourth-order valence-electron chi connectivity index (χ4n) is 7.56. The summed E-state index contributed by atoms with van der Waals surface area (Å²) in [6.07, 6.45) is 11.8. The van der Waals surface area contributed by atoms with Crippen LogP contribution in [-0.4, -0.2) is 11.9 Å². The second-order valence-corrected chi connectivity index (χ2v) is 10.4. The predicted molar refractivity (Wildman–Crippen MR) is 112 cm³/mol. The second-order valence-electron chi connectivity index (χ2n) is 10.4. The molecule has 0 saturated heterocycles. The molecule has 6 atom stereocenters. The summed E-state index contributed by atoms with van der Waals surface area (Å²) in [6.45, 7) is 5.74. The van der Waals surface area contributed by atoms with Gasteiger partial charge in [0.05, 0.1) is 12.7 Å². The van der Waals surface area contributed by atoms with Crippen LogP contribution >= 0.6 is 0 Å². The first-order valence-electron chi connectivity index (χ1n) is 11.4. The topological polar surface area (TPSA) is 26.3 Å². The molecule has 0 N–H and O–H groups in total. The van der Waals surface area contributed by atoms with Gasteiger partial charge in [-0.1, -0.05) is 49.8 Å². The molecule has 2 heteroatoms. The van der Waals surface area contributed by atoms with Crippen molar-refractivity contribution in [2.24, 2.45) is 28.6 Å². The number of carbonyl (C=O) groups excluding carboxylic acids is 1. The van der Waals surface area contributed by atoms with Gasteiger partial charge < -0.3 is 4.74 Å². The summed E-state index contributed by atoms with van der Waals surface area (Å²) in [4.78, 5) is 12.0. The molecule has 28 heavy (non-hydrogen) atoms. The van der Waals surface area contributed by atoms with Crippen LogP contribution in [0.1, 0.15) is 70.8 Å². The Kier molecular flexibility index (Phi) is 4.54. The molecule has 0 bridgehead atoms. The molecule has 4 aliphatic rings. The van der Waals surface area contributed by atoms with E-state index in [1.807, 2.05) is 6.08 Å². The molecule has 3 saturated carbocycles. The molecule has 1 aromatic carbocycles. The van der Waals surface area contributed by atoms with Crippen LogP contribution in [0, 0.1) is 28.6 Å². The van der Waals surface area contributed by atoms with Gasteiger partial charge in [-0.25, -0.2) is 0 Å². The van der Waals surface area contributed by atoms with Crippen LogP contribution in [-0.2, 0) is 16.1 Å². The van der Waals surface area contributed by atoms with Gasteiger partial charge in [0.2, 0.25) is 0 Å². The third kappa shape index (κ3) is 2.83. The van der Waals surface area contributed by atoms with Crippen molar-refractivity contribution in [2.45, 2.75) is 77.9 Å². The van der Waals surface area contributed by atoms with Gasteiger partial charge in [-0.3, -0.25) is 4.79 Å². The van der Waals surface area contributed by atoms with E-state index in [-0.39, 0.29) is 5.41 Å². The number of hydrogen-bond acceptors (Lipinski definition) is 2. The Morgan fingerprint density at radius 2 is 1.79 bits per heavy atom. The molecular formula is C26H34O2. The Bertz CT molecular complexity index is 781. The molecule has 0 aliphatic heterocycles. The molecule has 0 heterocycles. The molecular weight excluding hydrogens is 344 g/mol. The third-order valence-electron chi connectivity index (χ3n) is 9.17. The zero-order valence-electron chi connectivity index (χ0n) is 17.5. The van der Waals surface area contributed by atoms with Gasteiger partial charge in [-0.2, -0.15) is 0 Å². The highest BCUT2D eigenvalue weighted by molar-refractivity contribution is 5.91. The first kappa shape index (κ1) is 18.6. The van der Waals surface area contributed by atoms with E-state index < -0.39 is 0 Å². The van der Waals surface area contributed by atoms with Crippen molar-refractivity contribution in [3.8, 4) is 0 Å². The maximum atomic E-state index is 12.0. The maximum absolute atomic E-state index is 12.0. The average molecular weight is 379 g/mol. The molecule has 0 radical (unpaired) electrons. The molecule has 0 amide bonds. The summed E-state index contributed by atoms with van der Waals surface area (Å²) in [5.74, 6) is 2.75. The largest absolute Gasteiger partial charge is 0.373 e. The molecule has 0 aromatic heterocycles. The van der Waals surface area contributed by atoms with Crippen LogP contribution in [0.4, 0.5) is 0 Å². The lowest BCUT2D eigenvalue weighted by molar-refractivity contribution is -0.119. The molecule has 0 spiro atoms. The van der Waals surface area contributed by atoms with Gasteiger partial charge in [-0.05, 0) is 85.2 Å². The Hall–Kier alpha value is -1.41. The van der Waals surface area contributed by atoms with E-state index in [0.717, 1.165) is 43.6 Å². The normalized spacial score (nSPS) is 42.4. The lowest BCUT2D eigenvalue weighted by Gasteiger charge is -2.58. The number of benzene rings is 1. The smallest absolute Gasteiger partial charge is 0.155 e. The summed E-state index contributed by atoms with van der Waals surface area (Å²) in [5.41, 5.74) is 3.37. The van der Waals surface area contributed by atoms with Crippen LogP contribution in [0.25, 0.3) is 0 Å². The van der Waals surface area contributed by atoms with Crippen molar-refractivity contribution in [1.29, 1.82) is 0 Å². The number of ether oxygens (including phenoxy) is 1. The number of rotatable bonds is 3. The average Bonchev–Trinajstić information content (AvgIpc) is 3.04. The highest BCUT2D eigenvalue weighted by Gasteiger charge is 2.59. The first-order valence-corrected chi connectivity index (χ1v) is 11.4. The van der Waals surface area contributed by atoms with E-state index in [1.165, 1.54) is 43.2 Å². The summed E-state index contributed by atoms with van der Waals surface area (Å²) >= 11 is 0. The van der Waals surface area contributed by atoms with E-state index >= 15 is 0 Å². The standard InChI is InChI=1S/C26H34O2/c1-25-14-12-20(27)16-19(25)8-9-21-22-10-11-24(26(22,2)15-13-23(21)25)28-17-18-6-4-3-5-7-18/h3-7,16,21-24H,8-15,17H2,1-2H3/t21-,22+,23+,24-,25-,26-/m0/s1.